The van der Waals surface area contributed by atoms with Crippen molar-refractivity contribution in [1.82, 2.24) is 0 Å². The van der Waals surface area contributed by atoms with Crippen LogP contribution in [0, 0.1) is 29.1 Å². The molecule has 0 saturated heterocycles. The van der Waals surface area contributed by atoms with Crippen molar-refractivity contribution < 1.29 is 26.7 Å². The highest BCUT2D eigenvalue weighted by Crippen LogP contribution is 2.27. The second kappa shape index (κ2) is 5.16. The summed E-state index contributed by atoms with van der Waals surface area (Å²) in [6.07, 6.45) is 0.956. The fraction of sp³-hybridized carbons (Fsp3) is 0.182. The van der Waals surface area contributed by atoms with E-state index in [-0.39, 0.29) is 0 Å². The zero-order valence-electron chi connectivity index (χ0n) is 9.38. The van der Waals surface area contributed by atoms with E-state index < -0.39 is 40.7 Å². The van der Waals surface area contributed by atoms with E-state index in [4.69, 9.17) is 0 Å². The molecule has 0 heterocycles. The zero-order valence-corrected chi connectivity index (χ0v) is 9.38. The van der Waals surface area contributed by atoms with Crippen molar-refractivity contribution in [3.63, 3.8) is 0 Å². The molecule has 0 saturated carbocycles. The van der Waals surface area contributed by atoms with Gasteiger partial charge in [-0.1, -0.05) is 5.57 Å². The quantitative estimate of drug-likeness (QED) is 0.378. The van der Waals surface area contributed by atoms with Crippen LogP contribution in [-0.2, 0) is 4.79 Å². The Balaban J connectivity index is 3.26. The fourth-order valence-corrected chi connectivity index (χ4v) is 1.14. The Hall–Kier alpha value is -1.92. The van der Waals surface area contributed by atoms with Crippen LogP contribution >= 0.6 is 0 Å². The molecule has 0 aromatic heterocycles. The molecule has 0 atom stereocenters. The van der Waals surface area contributed by atoms with Gasteiger partial charge < -0.3 is 5.32 Å². The lowest BCUT2D eigenvalue weighted by molar-refractivity contribution is -0.112. The third-order valence-electron chi connectivity index (χ3n) is 1.88. The van der Waals surface area contributed by atoms with Gasteiger partial charge in [0.15, 0.2) is 23.3 Å². The van der Waals surface area contributed by atoms with E-state index in [0.29, 0.717) is 5.57 Å². The number of hydrogen-bond donors (Lipinski definition) is 1. The summed E-state index contributed by atoms with van der Waals surface area (Å²) < 4.78 is 64.6. The summed E-state index contributed by atoms with van der Waals surface area (Å²) >= 11 is 0. The summed E-state index contributed by atoms with van der Waals surface area (Å²) in [5.74, 6) is -11.6. The minimum absolute atomic E-state index is 0.497. The molecule has 0 spiro atoms. The van der Waals surface area contributed by atoms with E-state index in [1.54, 1.807) is 5.32 Å². The van der Waals surface area contributed by atoms with Gasteiger partial charge in [0.2, 0.25) is 11.7 Å². The zero-order chi connectivity index (χ0) is 14.0. The van der Waals surface area contributed by atoms with Crippen molar-refractivity contribution in [3.8, 4) is 0 Å². The Morgan fingerprint density at radius 1 is 0.889 bits per heavy atom. The van der Waals surface area contributed by atoms with Gasteiger partial charge in [-0.3, -0.25) is 4.79 Å². The average Bonchev–Trinajstić information content (AvgIpc) is 2.29. The second-order valence-electron chi connectivity index (χ2n) is 3.66. The Morgan fingerprint density at radius 3 is 1.67 bits per heavy atom. The number of carbonyl (C=O) groups excluding carboxylic acids is 1. The van der Waals surface area contributed by atoms with Crippen LogP contribution in [0.25, 0.3) is 0 Å². The molecule has 0 aliphatic carbocycles. The van der Waals surface area contributed by atoms with Crippen molar-refractivity contribution in [3.05, 3.63) is 40.7 Å². The van der Waals surface area contributed by atoms with Crippen LogP contribution < -0.4 is 5.32 Å². The Morgan fingerprint density at radius 2 is 1.28 bits per heavy atom. The maximum absolute atomic E-state index is 13.1. The predicted molar refractivity (Wildman–Crippen MR) is 54.3 cm³/mol. The van der Waals surface area contributed by atoms with Crippen LogP contribution in [0.15, 0.2) is 11.6 Å². The molecule has 18 heavy (non-hydrogen) atoms. The average molecular weight is 265 g/mol. The lowest BCUT2D eigenvalue weighted by atomic mass is 10.2. The summed E-state index contributed by atoms with van der Waals surface area (Å²) in [4.78, 5) is 11.2. The molecule has 1 aromatic carbocycles. The molecule has 0 radical (unpaired) electrons. The lowest BCUT2D eigenvalue weighted by Crippen LogP contribution is -2.15. The lowest BCUT2D eigenvalue weighted by Gasteiger charge is -2.08. The SMILES string of the molecule is CC(C)=CC(=O)Nc1c(F)c(F)c(F)c(F)c1F. The van der Waals surface area contributed by atoms with Gasteiger partial charge in [-0.05, 0) is 13.8 Å². The molecular formula is C11H8F5NO. The van der Waals surface area contributed by atoms with Gasteiger partial charge in [-0.25, -0.2) is 22.0 Å². The summed E-state index contributed by atoms with van der Waals surface area (Å²) in [5.41, 5.74) is -0.870. The van der Waals surface area contributed by atoms with Gasteiger partial charge in [-0.2, -0.15) is 0 Å². The molecule has 98 valence electrons. The van der Waals surface area contributed by atoms with Gasteiger partial charge in [0.25, 0.3) is 0 Å². The second-order valence-corrected chi connectivity index (χ2v) is 3.66. The van der Waals surface area contributed by atoms with E-state index >= 15 is 0 Å². The molecule has 2 nitrogen and oxygen atoms in total. The van der Waals surface area contributed by atoms with Gasteiger partial charge >= 0.3 is 0 Å². The molecule has 7 heteroatoms. The largest absolute Gasteiger partial charge is 0.317 e. The van der Waals surface area contributed by atoms with Gasteiger partial charge in [0.1, 0.15) is 5.69 Å². The molecule has 0 fully saturated rings. The van der Waals surface area contributed by atoms with Crippen molar-refractivity contribution in [2.24, 2.45) is 0 Å². The van der Waals surface area contributed by atoms with E-state index in [2.05, 4.69) is 0 Å². The first-order valence-corrected chi connectivity index (χ1v) is 4.73. The Labute approximate surface area is 99.1 Å². The van der Waals surface area contributed by atoms with Gasteiger partial charge in [0.05, 0.1) is 0 Å². The third kappa shape index (κ3) is 2.66. The standard InChI is InChI=1S/C11H8F5NO/c1-4(2)3-5(18)17-11-9(15)7(13)6(12)8(14)10(11)16/h3H,1-2H3,(H,17,18). The summed E-state index contributed by atoms with van der Waals surface area (Å²) in [7, 11) is 0. The summed E-state index contributed by atoms with van der Waals surface area (Å²) in [6, 6.07) is 0. The molecule has 1 N–H and O–H groups in total. The fourth-order valence-electron chi connectivity index (χ4n) is 1.14. The number of hydrogen-bond acceptors (Lipinski definition) is 1. The van der Waals surface area contributed by atoms with Crippen LogP contribution in [0.4, 0.5) is 27.6 Å². The van der Waals surface area contributed by atoms with E-state index in [1.807, 2.05) is 0 Å². The Bertz CT molecular complexity index is 506. The minimum Gasteiger partial charge on any atom is -0.317 e. The molecule has 1 aromatic rings. The van der Waals surface area contributed by atoms with Crippen molar-refractivity contribution in [1.29, 1.82) is 0 Å². The van der Waals surface area contributed by atoms with E-state index in [9.17, 15) is 26.7 Å². The predicted octanol–water partition coefficient (Wildman–Crippen LogP) is 3.29. The smallest absolute Gasteiger partial charge is 0.248 e. The van der Waals surface area contributed by atoms with Crippen molar-refractivity contribution >= 4 is 11.6 Å². The highest BCUT2D eigenvalue weighted by molar-refractivity contribution is 5.99. The number of allylic oxidation sites excluding steroid dienone is 1. The van der Waals surface area contributed by atoms with Crippen LogP contribution in [-0.4, -0.2) is 5.91 Å². The number of benzene rings is 1. The molecule has 0 unspecified atom stereocenters. The molecule has 1 amide bonds. The van der Waals surface area contributed by atoms with E-state index in [0.717, 1.165) is 6.08 Å². The molecular weight excluding hydrogens is 257 g/mol. The number of rotatable bonds is 2. The monoisotopic (exact) mass is 265 g/mol. The first-order valence-electron chi connectivity index (χ1n) is 4.73. The summed E-state index contributed by atoms with van der Waals surface area (Å²) in [5, 5.41) is 1.61. The molecule has 0 bridgehead atoms. The maximum atomic E-state index is 13.1. The Kier molecular flexibility index (Phi) is 4.05. The van der Waals surface area contributed by atoms with Gasteiger partial charge in [-0.15, -0.1) is 0 Å². The normalized spacial score (nSPS) is 10.2. The van der Waals surface area contributed by atoms with Gasteiger partial charge in [0, 0.05) is 6.08 Å². The number of amides is 1. The van der Waals surface area contributed by atoms with Crippen LogP contribution in [0.1, 0.15) is 13.8 Å². The first-order chi connectivity index (χ1) is 8.25. The number of nitrogens with one attached hydrogen (secondary N) is 1. The number of anilines is 1. The van der Waals surface area contributed by atoms with Crippen molar-refractivity contribution in [2.45, 2.75) is 13.8 Å². The third-order valence-corrected chi connectivity index (χ3v) is 1.88. The van der Waals surface area contributed by atoms with Crippen molar-refractivity contribution in [2.75, 3.05) is 5.32 Å². The van der Waals surface area contributed by atoms with Crippen LogP contribution in [0.5, 0.6) is 0 Å². The topological polar surface area (TPSA) is 29.1 Å². The highest BCUT2D eigenvalue weighted by Gasteiger charge is 2.26. The summed E-state index contributed by atoms with van der Waals surface area (Å²) in [6.45, 7) is 3.05. The minimum atomic E-state index is -2.27. The molecule has 0 aliphatic heterocycles. The van der Waals surface area contributed by atoms with Crippen LogP contribution in [0.3, 0.4) is 0 Å². The van der Waals surface area contributed by atoms with E-state index in [1.165, 1.54) is 13.8 Å². The molecule has 0 aliphatic rings. The number of carbonyl (C=O) groups is 1. The highest BCUT2D eigenvalue weighted by atomic mass is 19.2. The van der Waals surface area contributed by atoms with Crippen LogP contribution in [0.2, 0.25) is 0 Å². The maximum Gasteiger partial charge on any atom is 0.248 e. The molecule has 1 rings (SSSR count). The number of halogens is 5. The first kappa shape index (κ1) is 14.1.